The van der Waals surface area contributed by atoms with Gasteiger partial charge < -0.3 is 10.1 Å². The number of benzene rings is 1. The molecule has 0 amide bonds. The van der Waals surface area contributed by atoms with Crippen molar-refractivity contribution in [2.75, 3.05) is 14.2 Å². The SMILES string of the molecule is CNC(c1ccc(OC)c(F)c1)C1(C)CCCCC1. The van der Waals surface area contributed by atoms with Crippen molar-refractivity contribution in [1.29, 1.82) is 0 Å². The maximum Gasteiger partial charge on any atom is 0.165 e. The number of nitrogens with one attached hydrogen (secondary N) is 1. The molecule has 1 unspecified atom stereocenters. The van der Waals surface area contributed by atoms with Gasteiger partial charge in [-0.1, -0.05) is 32.3 Å². The van der Waals surface area contributed by atoms with E-state index in [0.717, 1.165) is 5.56 Å². The molecule has 0 heterocycles. The lowest BCUT2D eigenvalue weighted by Crippen LogP contribution is -2.36. The molecule has 1 aromatic carbocycles. The number of halogens is 1. The maximum absolute atomic E-state index is 13.9. The average molecular weight is 265 g/mol. The van der Waals surface area contributed by atoms with Crippen LogP contribution in [0.1, 0.15) is 50.6 Å². The second kappa shape index (κ2) is 5.91. The smallest absolute Gasteiger partial charge is 0.165 e. The molecule has 2 rings (SSSR count). The van der Waals surface area contributed by atoms with Crippen LogP contribution in [0.5, 0.6) is 5.75 Å². The van der Waals surface area contributed by atoms with Gasteiger partial charge in [0.25, 0.3) is 0 Å². The van der Waals surface area contributed by atoms with Crippen molar-refractivity contribution in [3.05, 3.63) is 29.6 Å². The van der Waals surface area contributed by atoms with Crippen LogP contribution >= 0.6 is 0 Å². The first kappa shape index (κ1) is 14.3. The van der Waals surface area contributed by atoms with E-state index in [-0.39, 0.29) is 17.3 Å². The van der Waals surface area contributed by atoms with Gasteiger partial charge in [-0.2, -0.15) is 0 Å². The minimum absolute atomic E-state index is 0.202. The molecule has 3 heteroatoms. The van der Waals surface area contributed by atoms with Gasteiger partial charge in [0.1, 0.15) is 0 Å². The number of hydrogen-bond donors (Lipinski definition) is 1. The second-order valence-corrected chi connectivity index (χ2v) is 5.83. The third-order valence-electron chi connectivity index (χ3n) is 4.49. The zero-order valence-corrected chi connectivity index (χ0v) is 12.1. The van der Waals surface area contributed by atoms with Gasteiger partial charge in [-0.3, -0.25) is 0 Å². The Hall–Kier alpha value is -1.09. The highest BCUT2D eigenvalue weighted by Crippen LogP contribution is 2.45. The normalized spacial score (nSPS) is 20.0. The summed E-state index contributed by atoms with van der Waals surface area (Å²) in [6.07, 6.45) is 6.27. The largest absolute Gasteiger partial charge is 0.494 e. The van der Waals surface area contributed by atoms with E-state index in [9.17, 15) is 4.39 Å². The van der Waals surface area contributed by atoms with Crippen LogP contribution in [0.2, 0.25) is 0 Å². The van der Waals surface area contributed by atoms with Crippen LogP contribution in [0.3, 0.4) is 0 Å². The van der Waals surface area contributed by atoms with Crippen molar-refractivity contribution in [3.8, 4) is 5.75 Å². The van der Waals surface area contributed by atoms with Crippen molar-refractivity contribution in [2.45, 2.75) is 45.1 Å². The lowest BCUT2D eigenvalue weighted by Gasteiger charge is -2.41. The van der Waals surface area contributed by atoms with Crippen LogP contribution in [0.4, 0.5) is 4.39 Å². The Labute approximate surface area is 115 Å². The van der Waals surface area contributed by atoms with Crippen molar-refractivity contribution >= 4 is 0 Å². The molecule has 0 bridgehead atoms. The van der Waals surface area contributed by atoms with Crippen molar-refractivity contribution in [3.63, 3.8) is 0 Å². The highest BCUT2D eigenvalue weighted by molar-refractivity contribution is 5.32. The molecule has 106 valence electrons. The molecule has 0 radical (unpaired) electrons. The Kier molecular flexibility index (Phi) is 4.46. The van der Waals surface area contributed by atoms with Gasteiger partial charge in [-0.15, -0.1) is 0 Å². The van der Waals surface area contributed by atoms with Crippen molar-refractivity contribution < 1.29 is 9.13 Å². The topological polar surface area (TPSA) is 21.3 Å². The van der Waals surface area contributed by atoms with Crippen LogP contribution < -0.4 is 10.1 Å². The lowest BCUT2D eigenvalue weighted by molar-refractivity contribution is 0.150. The monoisotopic (exact) mass is 265 g/mol. The Morgan fingerprint density at radius 3 is 2.47 bits per heavy atom. The molecule has 1 aliphatic rings. The minimum Gasteiger partial charge on any atom is -0.494 e. The Bertz CT molecular complexity index is 427. The van der Waals surface area contributed by atoms with Gasteiger partial charge >= 0.3 is 0 Å². The molecule has 1 fully saturated rings. The molecule has 1 N–H and O–H groups in total. The summed E-state index contributed by atoms with van der Waals surface area (Å²) in [4.78, 5) is 0. The molecule has 0 aromatic heterocycles. The van der Waals surface area contributed by atoms with Gasteiger partial charge in [0.2, 0.25) is 0 Å². The van der Waals surface area contributed by atoms with E-state index < -0.39 is 0 Å². The number of rotatable bonds is 4. The fourth-order valence-corrected chi connectivity index (χ4v) is 3.43. The predicted octanol–water partition coefficient (Wildman–Crippen LogP) is 4.07. The Balaban J connectivity index is 2.28. The minimum atomic E-state index is -0.278. The van der Waals surface area contributed by atoms with Crippen LogP contribution in [-0.4, -0.2) is 14.2 Å². The quantitative estimate of drug-likeness (QED) is 0.886. The maximum atomic E-state index is 13.9. The Morgan fingerprint density at radius 1 is 1.26 bits per heavy atom. The molecule has 2 nitrogen and oxygen atoms in total. The molecule has 1 aliphatic carbocycles. The average Bonchev–Trinajstić information content (AvgIpc) is 2.40. The molecule has 1 aromatic rings. The Morgan fingerprint density at radius 2 is 1.95 bits per heavy atom. The van der Waals surface area contributed by atoms with Gasteiger partial charge in [0.05, 0.1) is 7.11 Å². The van der Waals surface area contributed by atoms with Crippen LogP contribution in [-0.2, 0) is 0 Å². The summed E-state index contributed by atoms with van der Waals surface area (Å²) in [5.41, 5.74) is 1.24. The fourth-order valence-electron chi connectivity index (χ4n) is 3.43. The first-order chi connectivity index (χ1) is 9.10. The van der Waals surface area contributed by atoms with Gasteiger partial charge in [0.15, 0.2) is 11.6 Å². The second-order valence-electron chi connectivity index (χ2n) is 5.83. The molecule has 0 spiro atoms. The first-order valence-electron chi connectivity index (χ1n) is 7.11. The molecular weight excluding hydrogens is 241 g/mol. The highest BCUT2D eigenvalue weighted by atomic mass is 19.1. The van der Waals surface area contributed by atoms with E-state index in [1.54, 1.807) is 12.1 Å². The number of methoxy groups -OCH3 is 1. The summed E-state index contributed by atoms with van der Waals surface area (Å²) in [6.45, 7) is 2.31. The fraction of sp³-hybridized carbons (Fsp3) is 0.625. The molecule has 0 aliphatic heterocycles. The summed E-state index contributed by atoms with van der Waals surface area (Å²) >= 11 is 0. The summed E-state index contributed by atoms with van der Waals surface area (Å²) in [5, 5.41) is 3.39. The lowest BCUT2D eigenvalue weighted by atomic mass is 9.68. The van der Waals surface area contributed by atoms with Crippen LogP contribution in [0.25, 0.3) is 0 Å². The van der Waals surface area contributed by atoms with E-state index in [2.05, 4.69) is 12.2 Å². The third-order valence-corrected chi connectivity index (χ3v) is 4.49. The van der Waals surface area contributed by atoms with Crippen molar-refractivity contribution in [2.24, 2.45) is 5.41 Å². The first-order valence-corrected chi connectivity index (χ1v) is 7.11. The van der Waals surface area contributed by atoms with Crippen LogP contribution in [0, 0.1) is 11.2 Å². The molecule has 19 heavy (non-hydrogen) atoms. The predicted molar refractivity (Wildman–Crippen MR) is 75.9 cm³/mol. The van der Waals surface area contributed by atoms with E-state index in [0.29, 0.717) is 5.75 Å². The number of ether oxygens (including phenoxy) is 1. The third kappa shape index (κ3) is 2.92. The molecular formula is C16H24FNO. The van der Waals surface area contributed by atoms with E-state index in [1.165, 1.54) is 39.2 Å². The molecule has 1 saturated carbocycles. The summed E-state index contributed by atoms with van der Waals surface area (Å²) < 4.78 is 18.9. The zero-order chi connectivity index (χ0) is 13.9. The highest BCUT2D eigenvalue weighted by Gasteiger charge is 2.35. The van der Waals surface area contributed by atoms with Crippen molar-refractivity contribution in [1.82, 2.24) is 5.32 Å². The molecule has 1 atom stereocenters. The zero-order valence-electron chi connectivity index (χ0n) is 12.1. The summed E-state index contributed by atoms with van der Waals surface area (Å²) in [6, 6.07) is 5.51. The van der Waals surface area contributed by atoms with E-state index in [1.807, 2.05) is 13.1 Å². The summed E-state index contributed by atoms with van der Waals surface area (Å²) in [7, 11) is 3.46. The van der Waals surface area contributed by atoms with Crippen LogP contribution in [0.15, 0.2) is 18.2 Å². The standard InChI is InChI=1S/C16H24FNO/c1-16(9-5-4-6-10-16)15(18-2)12-7-8-14(19-3)13(17)11-12/h7-8,11,15,18H,4-6,9-10H2,1-3H3. The van der Waals surface area contributed by atoms with E-state index in [4.69, 9.17) is 4.74 Å². The van der Waals surface area contributed by atoms with Gasteiger partial charge in [-0.05, 0) is 43.0 Å². The summed E-state index contributed by atoms with van der Waals surface area (Å²) in [5.74, 6) is 0.0343. The van der Waals surface area contributed by atoms with E-state index >= 15 is 0 Å². The number of hydrogen-bond acceptors (Lipinski definition) is 2. The van der Waals surface area contributed by atoms with Gasteiger partial charge in [-0.25, -0.2) is 4.39 Å². The van der Waals surface area contributed by atoms with Gasteiger partial charge in [0, 0.05) is 6.04 Å². The molecule has 0 saturated heterocycles.